The van der Waals surface area contributed by atoms with Crippen LogP contribution in [0.2, 0.25) is 0 Å². The van der Waals surface area contributed by atoms with Crippen LogP contribution >= 0.6 is 0 Å². The van der Waals surface area contributed by atoms with Crippen LogP contribution in [0.15, 0.2) is 279 Å². The molecule has 0 bridgehead atoms. The fourth-order valence-corrected chi connectivity index (χ4v) is 11.8. The van der Waals surface area contributed by atoms with Crippen LogP contribution < -0.4 is 9.80 Å². The maximum atomic E-state index is 17.3. The van der Waals surface area contributed by atoms with Gasteiger partial charge in [-0.1, -0.05) is 194 Å². The first-order valence-electron chi connectivity index (χ1n) is 27.4. The molecule has 2 nitrogen and oxygen atoms in total. The summed E-state index contributed by atoms with van der Waals surface area (Å²) in [5.74, 6) is -3.72. The van der Waals surface area contributed by atoms with Gasteiger partial charge in [-0.25, -0.2) is 26.3 Å². The number of hydrogen-bond donors (Lipinski definition) is 0. The van der Waals surface area contributed by atoms with Crippen LogP contribution in [0.5, 0.6) is 0 Å². The maximum absolute atomic E-state index is 17.3. The molecule has 0 unspecified atom stereocenters. The summed E-state index contributed by atoms with van der Waals surface area (Å²) < 4.78 is 102. The highest BCUT2D eigenvalue weighted by atomic mass is 19.1. The van der Waals surface area contributed by atoms with Gasteiger partial charge in [0, 0.05) is 21.9 Å². The summed E-state index contributed by atoms with van der Waals surface area (Å²) in [6, 6.07) is 80.9. The SMILES string of the molecule is Fc1ccc(-c2ccccc2)cc1-c1ccc(F)c(N(c2cc(-c3ccccc3)ccc2F)c2cc3cccc4c(N(c5cc(-c6ccccc6)ccc5F)c5cc(-c6cc(-c7ccccc7)ccc6F)ccc5F)cc5cccc2c5c34)c1. The molecular formula is C76H46F6N2. The van der Waals surface area contributed by atoms with Gasteiger partial charge in [-0.15, -0.1) is 0 Å². The Labute approximate surface area is 481 Å². The zero-order chi connectivity index (χ0) is 57.0. The molecule has 84 heavy (non-hydrogen) atoms. The Morgan fingerprint density at radius 2 is 0.464 bits per heavy atom. The highest BCUT2D eigenvalue weighted by molar-refractivity contribution is 6.29. The first-order valence-corrected chi connectivity index (χ1v) is 27.4. The summed E-state index contributed by atoms with van der Waals surface area (Å²) in [6.45, 7) is 0. The number of hydrogen-bond acceptors (Lipinski definition) is 2. The first kappa shape index (κ1) is 51.4. The topological polar surface area (TPSA) is 6.48 Å². The highest BCUT2D eigenvalue weighted by Gasteiger charge is 2.29. The van der Waals surface area contributed by atoms with Crippen molar-refractivity contribution in [2.45, 2.75) is 0 Å². The molecule has 0 aliphatic rings. The summed E-state index contributed by atoms with van der Waals surface area (Å²) in [5.41, 5.74) is 8.15. The van der Waals surface area contributed by atoms with Crippen LogP contribution in [0.4, 0.5) is 60.5 Å². The second-order valence-electron chi connectivity index (χ2n) is 20.8. The summed E-state index contributed by atoms with van der Waals surface area (Å²) >= 11 is 0. The normalized spacial score (nSPS) is 11.5. The standard InChI is InChI=1S/C76H46F6N2/c77-63-33-27-51(47-15-5-1-6-16-47)39-61(63)55-31-37-67(81)73(43-55)83(71-41-53(29-35-65(71)79)49-19-9-3-10-20-49)69-45-57-23-14-26-60-70(46-58-24-13-25-59(69)75(58)76(57)60)84(72-42-54(30-36-66(72)80)50-21-11-4-12-22-50)74-44-56(32-38-68(74)82)62-40-52(28-34-64(62)78)48-17-7-2-8-18-48/h1-46H. The molecule has 8 heteroatoms. The second-order valence-corrected chi connectivity index (χ2v) is 20.8. The molecule has 0 saturated carbocycles. The number of nitrogens with zero attached hydrogens (tertiary/aromatic N) is 2. The van der Waals surface area contributed by atoms with Crippen LogP contribution in [0.1, 0.15) is 0 Å². The third-order valence-electron chi connectivity index (χ3n) is 15.8. The van der Waals surface area contributed by atoms with E-state index in [1.165, 1.54) is 48.5 Å². The average molecular weight is 1100 g/mol. The van der Waals surface area contributed by atoms with E-state index < -0.39 is 34.9 Å². The van der Waals surface area contributed by atoms with Gasteiger partial charge in [0.25, 0.3) is 0 Å². The largest absolute Gasteiger partial charge is 0.304 e. The lowest BCUT2D eigenvalue weighted by molar-refractivity contribution is 0.618. The average Bonchev–Trinajstić information content (AvgIpc) is 2.09. The zero-order valence-corrected chi connectivity index (χ0v) is 44.7. The lowest BCUT2D eigenvalue weighted by Crippen LogP contribution is -2.15. The monoisotopic (exact) mass is 1100 g/mol. The van der Waals surface area contributed by atoms with Gasteiger partial charge in [0.1, 0.15) is 34.9 Å². The predicted octanol–water partition coefficient (Wildman–Crippen LogP) is 22.4. The molecule has 0 fully saturated rings. The molecule has 0 aliphatic carbocycles. The van der Waals surface area contributed by atoms with E-state index in [1.807, 2.05) is 170 Å². The number of halogens is 6. The smallest absolute Gasteiger partial charge is 0.147 e. The van der Waals surface area contributed by atoms with E-state index in [4.69, 9.17) is 0 Å². The van der Waals surface area contributed by atoms with Crippen molar-refractivity contribution in [3.63, 3.8) is 0 Å². The molecule has 0 aliphatic heterocycles. The lowest BCUT2D eigenvalue weighted by atomic mass is 9.90. The van der Waals surface area contributed by atoms with E-state index in [2.05, 4.69) is 0 Å². The van der Waals surface area contributed by atoms with Crippen LogP contribution in [0.25, 0.3) is 99.1 Å². The van der Waals surface area contributed by atoms with E-state index >= 15 is 26.3 Å². The van der Waals surface area contributed by atoms with Crippen molar-refractivity contribution in [3.05, 3.63) is 314 Å². The number of rotatable bonds is 12. The zero-order valence-electron chi connectivity index (χ0n) is 44.7. The lowest BCUT2D eigenvalue weighted by Gasteiger charge is -2.31. The van der Waals surface area contributed by atoms with Crippen LogP contribution in [0, 0.1) is 34.9 Å². The molecule has 0 amide bonds. The van der Waals surface area contributed by atoms with Crippen molar-refractivity contribution in [1.82, 2.24) is 0 Å². The molecule has 14 aromatic rings. The van der Waals surface area contributed by atoms with Crippen molar-refractivity contribution in [2.24, 2.45) is 0 Å². The van der Waals surface area contributed by atoms with E-state index in [0.29, 0.717) is 65.9 Å². The van der Waals surface area contributed by atoms with Gasteiger partial charge < -0.3 is 9.80 Å². The Balaban J connectivity index is 1.01. The van der Waals surface area contributed by atoms with Crippen molar-refractivity contribution < 1.29 is 26.3 Å². The molecule has 402 valence electrons. The maximum Gasteiger partial charge on any atom is 0.147 e. The molecule has 0 saturated heterocycles. The molecule has 0 aromatic heterocycles. The van der Waals surface area contributed by atoms with Crippen LogP contribution in [-0.2, 0) is 0 Å². The van der Waals surface area contributed by atoms with Gasteiger partial charge in [-0.05, 0) is 162 Å². The minimum Gasteiger partial charge on any atom is -0.304 e. The van der Waals surface area contributed by atoms with E-state index in [9.17, 15) is 0 Å². The molecule has 0 heterocycles. The van der Waals surface area contributed by atoms with Gasteiger partial charge in [0.2, 0.25) is 0 Å². The fourth-order valence-electron chi connectivity index (χ4n) is 11.8. The number of benzene rings is 14. The van der Waals surface area contributed by atoms with E-state index in [0.717, 1.165) is 33.4 Å². The minimum atomic E-state index is -0.693. The number of anilines is 6. The van der Waals surface area contributed by atoms with Gasteiger partial charge >= 0.3 is 0 Å². The minimum absolute atomic E-state index is 0.0301. The van der Waals surface area contributed by atoms with Gasteiger partial charge in [0.15, 0.2) is 0 Å². The van der Waals surface area contributed by atoms with Crippen molar-refractivity contribution in [2.75, 3.05) is 9.80 Å². The van der Waals surface area contributed by atoms with Crippen molar-refractivity contribution in [3.8, 4) is 66.8 Å². The van der Waals surface area contributed by atoms with Crippen LogP contribution in [-0.4, -0.2) is 0 Å². The Hall–Kier alpha value is -10.7. The third-order valence-corrected chi connectivity index (χ3v) is 15.8. The third kappa shape index (κ3) is 9.24. The summed E-state index contributed by atoms with van der Waals surface area (Å²) in [6.07, 6.45) is 0. The van der Waals surface area contributed by atoms with Crippen molar-refractivity contribution in [1.29, 1.82) is 0 Å². The van der Waals surface area contributed by atoms with Gasteiger partial charge in [-0.2, -0.15) is 0 Å². The predicted molar refractivity (Wildman–Crippen MR) is 332 cm³/mol. The Morgan fingerprint density at radius 1 is 0.190 bits per heavy atom. The molecule has 14 aromatic carbocycles. The molecule has 0 N–H and O–H groups in total. The van der Waals surface area contributed by atoms with Crippen molar-refractivity contribution >= 4 is 66.4 Å². The highest BCUT2D eigenvalue weighted by Crippen LogP contribution is 2.52. The molecule has 14 rings (SSSR count). The van der Waals surface area contributed by atoms with Crippen LogP contribution in [0.3, 0.4) is 0 Å². The summed E-state index contributed by atoms with van der Waals surface area (Å²) in [4.78, 5) is 3.13. The Kier molecular flexibility index (Phi) is 13.1. The fraction of sp³-hybridized carbons (Fsp3) is 0. The first-order chi connectivity index (χ1) is 41.1. The molecule has 0 spiro atoms. The Bertz CT molecular complexity index is 4500. The van der Waals surface area contributed by atoms with E-state index in [-0.39, 0.29) is 33.9 Å². The van der Waals surface area contributed by atoms with Gasteiger partial charge in [0.05, 0.1) is 34.1 Å². The van der Waals surface area contributed by atoms with Gasteiger partial charge in [-0.3, -0.25) is 0 Å². The quantitative estimate of drug-likeness (QED) is 0.0889. The summed E-state index contributed by atoms with van der Waals surface area (Å²) in [7, 11) is 0. The molecule has 0 atom stereocenters. The van der Waals surface area contributed by atoms with E-state index in [1.54, 1.807) is 70.5 Å². The second kappa shape index (κ2) is 21.3. The molecular weight excluding hydrogens is 1050 g/mol. The summed E-state index contributed by atoms with van der Waals surface area (Å²) in [5, 5.41) is 3.89. The Morgan fingerprint density at radius 3 is 0.786 bits per heavy atom. The molecule has 0 radical (unpaired) electrons.